The SMILES string of the molecule is [C-]#[N+]c1cnn(-c2ccc(S(=O)(=O)O)c(Cl)c2)c1N=Nc1c(C)nn(-c2nc(O)nc(-n3nc(C)c(N=Nc4c(C#N)cnn4-c4ccc(S(=O)(=O)O)c(Cl)c4)c3N)n2)c1N. The molecule has 0 saturated heterocycles. The minimum atomic E-state index is -4.63. The van der Waals surface area contributed by atoms with Crippen molar-refractivity contribution >= 4 is 83.8 Å². The summed E-state index contributed by atoms with van der Waals surface area (Å²) in [5, 5.41) is 53.1. The van der Waals surface area contributed by atoms with Crippen LogP contribution >= 0.6 is 23.2 Å². The van der Waals surface area contributed by atoms with Crippen LogP contribution in [0.2, 0.25) is 10.0 Å². The zero-order chi connectivity index (χ0) is 44.1. The van der Waals surface area contributed by atoms with Crippen molar-refractivity contribution < 1.29 is 31.0 Å². The van der Waals surface area contributed by atoms with Gasteiger partial charge in [0.2, 0.25) is 0 Å². The Morgan fingerprint density at radius 1 is 0.738 bits per heavy atom. The van der Waals surface area contributed by atoms with Gasteiger partial charge in [0.1, 0.15) is 21.4 Å². The number of aryl methyl sites for hydroxylation is 2. The number of nitrogens with zero attached hydrogens (tertiary/aromatic N) is 17. The Labute approximate surface area is 351 Å². The molecule has 5 heterocycles. The molecule has 0 fully saturated rings. The zero-order valence-corrected chi connectivity index (χ0v) is 33.6. The summed E-state index contributed by atoms with van der Waals surface area (Å²) in [7, 11) is -9.26. The molecule has 0 aliphatic heterocycles. The second kappa shape index (κ2) is 15.5. The molecule has 0 atom stereocenters. The second-order valence-corrected chi connectivity index (χ2v) is 15.7. The summed E-state index contributed by atoms with van der Waals surface area (Å²) in [6, 6.07) is 8.09. The molecule has 0 saturated carbocycles. The van der Waals surface area contributed by atoms with E-state index >= 15 is 0 Å². The van der Waals surface area contributed by atoms with Crippen molar-refractivity contribution in [3.05, 3.63) is 87.2 Å². The van der Waals surface area contributed by atoms with E-state index in [1.807, 2.05) is 6.07 Å². The van der Waals surface area contributed by atoms with Gasteiger partial charge in [0.15, 0.2) is 34.6 Å². The predicted molar refractivity (Wildman–Crippen MR) is 210 cm³/mol. The number of hydrogen-bond donors (Lipinski definition) is 5. The number of aromatic nitrogens is 11. The Morgan fingerprint density at radius 3 is 1.64 bits per heavy atom. The van der Waals surface area contributed by atoms with Crippen molar-refractivity contribution in [1.82, 2.24) is 54.1 Å². The fourth-order valence-corrected chi connectivity index (χ4v) is 7.44. The molecule has 0 amide bonds. The van der Waals surface area contributed by atoms with E-state index in [9.17, 15) is 36.3 Å². The molecule has 26 nitrogen and oxygen atoms in total. The van der Waals surface area contributed by atoms with Crippen LogP contribution in [-0.4, -0.2) is 85.1 Å². The highest BCUT2D eigenvalue weighted by molar-refractivity contribution is 7.86. The quantitative estimate of drug-likeness (QED) is 0.0672. The summed E-state index contributed by atoms with van der Waals surface area (Å²) < 4.78 is 69.6. The molecule has 30 heteroatoms. The molecule has 7 aromatic rings. The fraction of sp³-hybridized carbons (Fsp3) is 0.0645. The minimum Gasteiger partial charge on any atom is -0.479 e. The maximum atomic E-state index is 11.6. The molecule has 7 rings (SSSR count). The number of rotatable bonds is 10. The van der Waals surface area contributed by atoms with Gasteiger partial charge in [-0.15, -0.1) is 20.5 Å². The highest BCUT2D eigenvalue weighted by atomic mass is 35.5. The first-order valence-corrected chi connectivity index (χ1v) is 19.9. The highest BCUT2D eigenvalue weighted by Crippen LogP contribution is 2.37. The Bertz CT molecular complexity index is 3130. The van der Waals surface area contributed by atoms with Crippen LogP contribution < -0.4 is 11.5 Å². The van der Waals surface area contributed by atoms with Crippen LogP contribution in [0.15, 0.2) is 79.0 Å². The van der Waals surface area contributed by atoms with Gasteiger partial charge in [0.05, 0.1) is 51.8 Å². The van der Waals surface area contributed by atoms with E-state index in [1.165, 1.54) is 50.5 Å². The molecule has 5 aromatic heterocycles. The standard InChI is InChI=1S/C31H21Cl2N19O7S2/c1-13-23(43-45-27-15(10-34)11-38-49(27)16-4-6-21(18(32)8-16)60(54,55)56)25(35)51(47-13)29-40-30(42-31(53)41-29)52-26(36)24(14(2)48-52)44-46-28-20(37-3)12-39-50(28)17-5-7-22(19(33)9-17)61(57,58)59/h4-9,11-12H,35-36H2,1-2H3,(H,54,55,56)(H,57,58,59)(H,40,41,42,53). The minimum absolute atomic E-state index is 0.0188. The molecule has 2 aromatic carbocycles. The van der Waals surface area contributed by atoms with Crippen molar-refractivity contribution in [2.45, 2.75) is 23.6 Å². The van der Waals surface area contributed by atoms with E-state index in [0.29, 0.717) is 0 Å². The number of halogens is 2. The molecular weight excluding hydrogens is 886 g/mol. The third-order valence-electron chi connectivity index (χ3n) is 8.18. The molecule has 0 bridgehead atoms. The average Bonchev–Trinajstić information content (AvgIpc) is 3.94. The Balaban J connectivity index is 1.21. The largest absolute Gasteiger partial charge is 0.479 e. The monoisotopic (exact) mass is 905 g/mol. The van der Waals surface area contributed by atoms with Gasteiger partial charge in [-0.05, 0) is 50.2 Å². The normalized spacial score (nSPS) is 12.1. The molecule has 0 unspecified atom stereocenters. The summed E-state index contributed by atoms with van der Waals surface area (Å²) >= 11 is 12.2. The molecule has 0 aliphatic carbocycles. The van der Waals surface area contributed by atoms with Crippen LogP contribution in [0.4, 0.5) is 40.3 Å². The number of nitriles is 1. The van der Waals surface area contributed by atoms with Crippen molar-refractivity contribution in [3.63, 3.8) is 0 Å². The van der Waals surface area contributed by atoms with Gasteiger partial charge in [0.25, 0.3) is 37.8 Å². The van der Waals surface area contributed by atoms with Crippen molar-refractivity contribution in [3.8, 4) is 35.4 Å². The second-order valence-electron chi connectivity index (χ2n) is 12.1. The number of benzene rings is 2. The lowest BCUT2D eigenvalue weighted by Crippen LogP contribution is -2.13. The first-order chi connectivity index (χ1) is 28.8. The van der Waals surface area contributed by atoms with Gasteiger partial charge < -0.3 is 16.6 Å². The number of aromatic hydroxyl groups is 1. The van der Waals surface area contributed by atoms with Crippen molar-refractivity contribution in [2.75, 3.05) is 11.5 Å². The van der Waals surface area contributed by atoms with Crippen LogP contribution in [0.25, 0.3) is 28.1 Å². The van der Waals surface area contributed by atoms with E-state index in [2.05, 4.69) is 60.6 Å². The van der Waals surface area contributed by atoms with Gasteiger partial charge in [-0.1, -0.05) is 23.2 Å². The molecule has 61 heavy (non-hydrogen) atoms. The smallest absolute Gasteiger partial charge is 0.320 e. The topological polar surface area (TPSA) is 369 Å². The van der Waals surface area contributed by atoms with Gasteiger partial charge >= 0.3 is 6.01 Å². The van der Waals surface area contributed by atoms with Crippen LogP contribution in [-0.2, 0) is 20.2 Å². The Kier molecular flexibility index (Phi) is 10.5. The summed E-state index contributed by atoms with van der Waals surface area (Å²) in [5.74, 6) is -1.27. The number of azo groups is 2. The first-order valence-electron chi connectivity index (χ1n) is 16.3. The molecular formula is C31H21Cl2N19O7S2. The zero-order valence-electron chi connectivity index (χ0n) is 30.4. The Morgan fingerprint density at radius 2 is 1.20 bits per heavy atom. The summed E-state index contributed by atoms with van der Waals surface area (Å²) in [5.41, 5.74) is 13.3. The fourth-order valence-electron chi connectivity index (χ4n) is 5.42. The predicted octanol–water partition coefficient (Wildman–Crippen LogP) is 5.15. The van der Waals surface area contributed by atoms with E-state index in [-0.39, 0.29) is 90.6 Å². The molecule has 0 aliphatic rings. The van der Waals surface area contributed by atoms with Gasteiger partial charge in [-0.25, -0.2) is 14.2 Å². The highest BCUT2D eigenvalue weighted by Gasteiger charge is 2.24. The maximum absolute atomic E-state index is 11.6. The van der Waals surface area contributed by atoms with Crippen LogP contribution in [0, 0.1) is 31.8 Å². The van der Waals surface area contributed by atoms with Crippen molar-refractivity contribution in [2.24, 2.45) is 20.5 Å². The van der Waals surface area contributed by atoms with E-state index in [1.54, 1.807) is 0 Å². The molecule has 308 valence electrons. The third-order valence-corrected chi connectivity index (χ3v) is 10.9. The molecule has 7 N–H and O–H groups in total. The van der Waals surface area contributed by atoms with Gasteiger partial charge in [0, 0.05) is 0 Å². The lowest BCUT2D eigenvalue weighted by molar-refractivity contribution is 0.423. The number of anilines is 2. The lowest BCUT2D eigenvalue weighted by atomic mass is 10.3. The molecule has 0 spiro atoms. The number of nitrogen functional groups attached to an aromatic ring is 2. The lowest BCUT2D eigenvalue weighted by Gasteiger charge is -2.07. The van der Waals surface area contributed by atoms with Crippen LogP contribution in [0.5, 0.6) is 6.01 Å². The van der Waals surface area contributed by atoms with E-state index in [0.717, 1.165) is 30.9 Å². The summed E-state index contributed by atoms with van der Waals surface area (Å²) in [4.78, 5) is 14.4. The Hall–Kier alpha value is -7.73. The van der Waals surface area contributed by atoms with E-state index in [4.69, 9.17) is 41.2 Å². The molecule has 0 radical (unpaired) electrons. The number of hydrogen-bond acceptors (Lipinski definition) is 19. The summed E-state index contributed by atoms with van der Waals surface area (Å²) in [6.45, 7) is 10.6. The first kappa shape index (κ1) is 41.4. The maximum Gasteiger partial charge on any atom is 0.320 e. The average molecular weight is 907 g/mol. The summed E-state index contributed by atoms with van der Waals surface area (Å²) in [6.07, 6.45) is 2.36. The van der Waals surface area contributed by atoms with Crippen molar-refractivity contribution in [1.29, 1.82) is 5.26 Å². The van der Waals surface area contributed by atoms with Crippen LogP contribution in [0.3, 0.4) is 0 Å². The van der Waals surface area contributed by atoms with Crippen LogP contribution in [0.1, 0.15) is 17.0 Å². The van der Waals surface area contributed by atoms with Gasteiger partial charge in [-0.3, -0.25) is 9.11 Å². The van der Waals surface area contributed by atoms with Gasteiger partial charge in [-0.2, -0.15) is 66.8 Å². The van der Waals surface area contributed by atoms with E-state index < -0.39 is 36.0 Å². The number of nitrogens with two attached hydrogens (primary N) is 2. The third kappa shape index (κ3) is 7.78.